The minimum Gasteiger partial charge on any atom is -0.480 e. The van der Waals surface area contributed by atoms with Gasteiger partial charge in [-0.2, -0.15) is 0 Å². The van der Waals surface area contributed by atoms with E-state index >= 15 is 0 Å². The summed E-state index contributed by atoms with van der Waals surface area (Å²) >= 11 is 6.01. The third kappa shape index (κ3) is 7.69. The van der Waals surface area contributed by atoms with E-state index in [4.69, 9.17) is 21.1 Å². The van der Waals surface area contributed by atoms with Crippen molar-refractivity contribution in [3.8, 4) is 0 Å². The van der Waals surface area contributed by atoms with Crippen molar-refractivity contribution in [2.75, 3.05) is 26.8 Å². The summed E-state index contributed by atoms with van der Waals surface area (Å²) in [4.78, 5) is 29.2. The largest absolute Gasteiger partial charge is 0.480 e. The Labute approximate surface area is 212 Å². The maximum absolute atomic E-state index is 13.2. The number of hydrogen-bond donors (Lipinski definition) is 1. The molecule has 190 valence electrons. The summed E-state index contributed by atoms with van der Waals surface area (Å²) in [5, 5.41) is 10.8. The van der Waals surface area contributed by atoms with Gasteiger partial charge in [0.05, 0.1) is 12.6 Å². The van der Waals surface area contributed by atoms with Gasteiger partial charge in [0.15, 0.2) is 0 Å². The Morgan fingerprint density at radius 1 is 1.14 bits per heavy atom. The number of rotatable bonds is 9. The normalized spacial score (nSPS) is 16.6. The zero-order chi connectivity index (χ0) is 25.6. The molecule has 1 N–H and O–H groups in total. The van der Waals surface area contributed by atoms with Crippen molar-refractivity contribution in [1.82, 2.24) is 9.80 Å². The highest BCUT2D eigenvalue weighted by atomic mass is 35.5. The van der Waals surface area contributed by atoms with E-state index in [0.29, 0.717) is 44.1 Å². The summed E-state index contributed by atoms with van der Waals surface area (Å²) in [6, 6.07) is 14.2. The predicted octanol–water partition coefficient (Wildman–Crippen LogP) is 4.65. The fraction of sp³-hybridized carbons (Fsp3) is 0.481. The topological polar surface area (TPSA) is 79.3 Å². The van der Waals surface area contributed by atoms with Crippen LogP contribution in [0.25, 0.3) is 0 Å². The standard InChI is InChI=1S/C27H35ClN2O5/c1-27(2,3)35-26(33)30-17-21-8-6-5-7-20(21)16-23(30)18-29(13-14-34-4)24(25(31)32)15-19-9-11-22(28)12-10-19/h5-12,23-24H,13-18H2,1-4H3,(H,31,32). The molecule has 3 rings (SSSR count). The average Bonchev–Trinajstić information content (AvgIpc) is 2.79. The molecule has 2 atom stereocenters. The summed E-state index contributed by atoms with van der Waals surface area (Å²) in [6.07, 6.45) is 0.534. The number of carbonyl (C=O) groups is 2. The minimum absolute atomic E-state index is 0.247. The molecule has 1 aliphatic rings. The number of amides is 1. The lowest BCUT2D eigenvalue weighted by atomic mass is 9.93. The number of benzene rings is 2. The molecule has 0 bridgehead atoms. The van der Waals surface area contributed by atoms with Crippen molar-refractivity contribution in [2.45, 2.75) is 57.8 Å². The van der Waals surface area contributed by atoms with Crippen molar-refractivity contribution < 1.29 is 24.2 Å². The number of carboxylic acid groups (broad SMARTS) is 1. The van der Waals surface area contributed by atoms with Crippen LogP contribution in [-0.2, 0) is 33.7 Å². The third-order valence-electron chi connectivity index (χ3n) is 6.08. The van der Waals surface area contributed by atoms with Crippen LogP contribution in [0.4, 0.5) is 4.79 Å². The third-order valence-corrected chi connectivity index (χ3v) is 6.33. The molecule has 0 saturated carbocycles. The van der Waals surface area contributed by atoms with Gasteiger partial charge in [0, 0.05) is 31.8 Å². The summed E-state index contributed by atoms with van der Waals surface area (Å²) in [5.74, 6) is -0.920. The van der Waals surface area contributed by atoms with Crippen LogP contribution in [0.1, 0.15) is 37.5 Å². The fourth-order valence-electron chi connectivity index (χ4n) is 4.35. The Hall–Kier alpha value is -2.61. The zero-order valence-corrected chi connectivity index (χ0v) is 21.6. The van der Waals surface area contributed by atoms with Crippen LogP contribution in [0.5, 0.6) is 0 Å². The van der Waals surface area contributed by atoms with Crippen LogP contribution in [0, 0.1) is 0 Å². The van der Waals surface area contributed by atoms with E-state index in [-0.39, 0.29) is 6.04 Å². The highest BCUT2D eigenvalue weighted by molar-refractivity contribution is 6.30. The molecule has 0 fully saturated rings. The lowest BCUT2D eigenvalue weighted by Crippen LogP contribution is -2.55. The molecular weight excluding hydrogens is 468 g/mol. The number of methoxy groups -OCH3 is 1. The molecule has 1 amide bonds. The van der Waals surface area contributed by atoms with Crippen LogP contribution < -0.4 is 0 Å². The first-order chi connectivity index (χ1) is 16.6. The number of halogens is 1. The quantitative estimate of drug-likeness (QED) is 0.538. The molecule has 2 aromatic carbocycles. The highest BCUT2D eigenvalue weighted by Gasteiger charge is 2.36. The van der Waals surface area contributed by atoms with E-state index in [0.717, 1.165) is 16.7 Å². The number of hydrogen-bond acceptors (Lipinski definition) is 5. The van der Waals surface area contributed by atoms with Gasteiger partial charge < -0.3 is 14.6 Å². The lowest BCUT2D eigenvalue weighted by Gasteiger charge is -2.41. The van der Waals surface area contributed by atoms with Gasteiger partial charge in [-0.1, -0.05) is 48.0 Å². The fourth-order valence-corrected chi connectivity index (χ4v) is 4.48. The summed E-state index contributed by atoms with van der Waals surface area (Å²) < 4.78 is 11.0. The number of carboxylic acids is 1. The van der Waals surface area contributed by atoms with E-state index in [1.54, 1.807) is 24.1 Å². The first-order valence-corrected chi connectivity index (χ1v) is 12.2. The summed E-state index contributed by atoms with van der Waals surface area (Å²) in [6.45, 7) is 7.12. The maximum Gasteiger partial charge on any atom is 0.410 e. The second-order valence-corrected chi connectivity index (χ2v) is 10.3. The molecule has 0 radical (unpaired) electrons. The SMILES string of the molecule is COCCN(CC1Cc2ccccc2CN1C(=O)OC(C)(C)C)C(Cc1ccc(Cl)cc1)C(=O)O. The lowest BCUT2D eigenvalue weighted by molar-refractivity contribution is -0.143. The van der Waals surface area contributed by atoms with Gasteiger partial charge in [-0.3, -0.25) is 14.6 Å². The van der Waals surface area contributed by atoms with Crippen molar-refractivity contribution in [1.29, 1.82) is 0 Å². The zero-order valence-electron chi connectivity index (χ0n) is 20.9. The van der Waals surface area contributed by atoms with E-state index in [1.165, 1.54) is 0 Å². The van der Waals surface area contributed by atoms with Gasteiger partial charge in [-0.25, -0.2) is 4.79 Å². The number of nitrogens with zero attached hydrogens (tertiary/aromatic N) is 2. The second-order valence-electron chi connectivity index (χ2n) is 9.91. The second kappa shape index (κ2) is 11.9. The monoisotopic (exact) mass is 502 g/mol. The predicted molar refractivity (Wildman–Crippen MR) is 136 cm³/mol. The van der Waals surface area contributed by atoms with Crippen LogP contribution in [-0.4, -0.2) is 71.5 Å². The summed E-state index contributed by atoms with van der Waals surface area (Å²) in [7, 11) is 1.59. The van der Waals surface area contributed by atoms with Gasteiger partial charge in [0.25, 0.3) is 0 Å². The molecule has 35 heavy (non-hydrogen) atoms. The molecule has 1 heterocycles. The highest BCUT2D eigenvalue weighted by Crippen LogP contribution is 2.27. The molecule has 0 aliphatic carbocycles. The van der Waals surface area contributed by atoms with Crippen molar-refractivity contribution in [3.05, 3.63) is 70.2 Å². The van der Waals surface area contributed by atoms with Crippen LogP contribution >= 0.6 is 11.6 Å². The average molecular weight is 503 g/mol. The molecule has 7 nitrogen and oxygen atoms in total. The van der Waals surface area contributed by atoms with E-state index in [1.807, 2.05) is 56.0 Å². The van der Waals surface area contributed by atoms with E-state index in [9.17, 15) is 14.7 Å². The van der Waals surface area contributed by atoms with Crippen LogP contribution in [0.3, 0.4) is 0 Å². The van der Waals surface area contributed by atoms with Crippen molar-refractivity contribution in [2.24, 2.45) is 0 Å². The minimum atomic E-state index is -0.920. The van der Waals surface area contributed by atoms with Crippen molar-refractivity contribution in [3.63, 3.8) is 0 Å². The molecule has 0 aromatic heterocycles. The van der Waals surface area contributed by atoms with Gasteiger partial charge in [-0.05, 0) is 62.4 Å². The number of ether oxygens (including phenoxy) is 2. The number of fused-ring (bicyclic) bond motifs is 1. The molecule has 0 spiro atoms. The smallest absolute Gasteiger partial charge is 0.410 e. The Balaban J connectivity index is 1.89. The molecule has 8 heteroatoms. The first kappa shape index (κ1) is 27.0. The number of aliphatic carboxylic acids is 1. The molecule has 1 aliphatic heterocycles. The Kier molecular flexibility index (Phi) is 9.16. The van der Waals surface area contributed by atoms with Gasteiger partial charge in [0.1, 0.15) is 11.6 Å². The Morgan fingerprint density at radius 2 is 1.80 bits per heavy atom. The Bertz CT molecular complexity index is 1010. The van der Waals surface area contributed by atoms with Crippen LogP contribution in [0.15, 0.2) is 48.5 Å². The van der Waals surface area contributed by atoms with Gasteiger partial charge in [0.2, 0.25) is 0 Å². The molecule has 2 unspecified atom stereocenters. The van der Waals surface area contributed by atoms with Gasteiger partial charge >= 0.3 is 12.1 Å². The molecule has 2 aromatic rings. The van der Waals surface area contributed by atoms with Crippen molar-refractivity contribution >= 4 is 23.7 Å². The molecular formula is C27H35ClN2O5. The van der Waals surface area contributed by atoms with E-state index in [2.05, 4.69) is 6.07 Å². The summed E-state index contributed by atoms with van der Waals surface area (Å²) in [5.41, 5.74) is 2.48. The van der Waals surface area contributed by atoms with E-state index < -0.39 is 23.7 Å². The molecule has 0 saturated heterocycles. The first-order valence-electron chi connectivity index (χ1n) is 11.8. The van der Waals surface area contributed by atoms with Crippen LogP contribution in [0.2, 0.25) is 5.02 Å². The Morgan fingerprint density at radius 3 is 2.40 bits per heavy atom. The maximum atomic E-state index is 13.2. The van der Waals surface area contributed by atoms with Gasteiger partial charge in [-0.15, -0.1) is 0 Å². The number of carbonyl (C=O) groups excluding carboxylic acids is 1.